The van der Waals surface area contributed by atoms with Gasteiger partial charge in [0.05, 0.1) is 12.7 Å². The van der Waals surface area contributed by atoms with Gasteiger partial charge in [0.15, 0.2) is 11.5 Å². The molecule has 0 amide bonds. The van der Waals surface area contributed by atoms with Gasteiger partial charge in [-0.15, -0.1) is 0 Å². The van der Waals surface area contributed by atoms with E-state index in [1.807, 2.05) is 6.07 Å². The number of benzene rings is 1. The molecule has 0 saturated heterocycles. The van der Waals surface area contributed by atoms with Gasteiger partial charge in [0.1, 0.15) is 0 Å². The molecular weight excluding hydrogens is 304 g/mol. The van der Waals surface area contributed by atoms with Gasteiger partial charge in [0.25, 0.3) is 0 Å². The van der Waals surface area contributed by atoms with Gasteiger partial charge in [0, 0.05) is 17.4 Å². The molecular formula is C20H30O4. The number of hydrogen-bond acceptors (Lipinski definition) is 4. The molecule has 1 aromatic carbocycles. The monoisotopic (exact) mass is 334 g/mol. The van der Waals surface area contributed by atoms with Crippen molar-refractivity contribution in [2.45, 2.75) is 64.9 Å². The van der Waals surface area contributed by atoms with Crippen molar-refractivity contribution < 1.29 is 20.4 Å². The highest BCUT2D eigenvalue weighted by atomic mass is 16.3. The first-order chi connectivity index (χ1) is 11.3. The van der Waals surface area contributed by atoms with Gasteiger partial charge in [-0.1, -0.05) is 24.6 Å². The molecule has 0 aromatic heterocycles. The molecule has 0 fully saturated rings. The summed E-state index contributed by atoms with van der Waals surface area (Å²) in [5.41, 5.74) is 3.35. The number of aromatic hydroxyl groups is 2. The molecule has 0 aliphatic heterocycles. The second-order valence-corrected chi connectivity index (χ2v) is 7.44. The van der Waals surface area contributed by atoms with Crippen LogP contribution in [0.25, 0.3) is 0 Å². The molecule has 0 radical (unpaired) electrons. The minimum Gasteiger partial charge on any atom is -0.504 e. The molecule has 0 spiro atoms. The van der Waals surface area contributed by atoms with E-state index in [1.54, 1.807) is 6.92 Å². The quantitative estimate of drug-likeness (QED) is 0.489. The topological polar surface area (TPSA) is 80.9 Å². The maximum absolute atomic E-state index is 10.7. The summed E-state index contributed by atoms with van der Waals surface area (Å²) in [5.74, 6) is -0.476. The Morgan fingerprint density at radius 3 is 2.54 bits per heavy atom. The Kier molecular flexibility index (Phi) is 5.94. The summed E-state index contributed by atoms with van der Waals surface area (Å²) in [6.07, 6.45) is 3.94. The van der Waals surface area contributed by atoms with Crippen molar-refractivity contribution in [2.24, 2.45) is 5.92 Å². The Morgan fingerprint density at radius 1 is 1.29 bits per heavy atom. The Hall–Kier alpha value is -1.52. The second-order valence-electron chi connectivity index (χ2n) is 7.44. The fraction of sp³-hybridized carbons (Fsp3) is 0.600. The van der Waals surface area contributed by atoms with Crippen molar-refractivity contribution in [3.05, 3.63) is 34.4 Å². The second kappa shape index (κ2) is 7.58. The largest absolute Gasteiger partial charge is 0.504 e. The fourth-order valence-electron chi connectivity index (χ4n) is 3.96. The van der Waals surface area contributed by atoms with E-state index in [0.717, 1.165) is 18.4 Å². The van der Waals surface area contributed by atoms with Gasteiger partial charge in [-0.3, -0.25) is 0 Å². The molecule has 4 unspecified atom stereocenters. The smallest absolute Gasteiger partial charge is 0.161 e. The summed E-state index contributed by atoms with van der Waals surface area (Å²) in [6.45, 7) is 7.86. The Bertz CT molecular complexity index is 617. The first kappa shape index (κ1) is 18.8. The van der Waals surface area contributed by atoms with Gasteiger partial charge in [-0.25, -0.2) is 0 Å². The third-order valence-corrected chi connectivity index (χ3v) is 5.25. The Balaban J connectivity index is 2.42. The van der Waals surface area contributed by atoms with Gasteiger partial charge < -0.3 is 20.4 Å². The van der Waals surface area contributed by atoms with E-state index in [1.165, 1.54) is 5.57 Å². The van der Waals surface area contributed by atoms with Crippen molar-refractivity contribution in [3.8, 4) is 11.5 Å². The maximum atomic E-state index is 10.7. The van der Waals surface area contributed by atoms with Gasteiger partial charge in [0.2, 0.25) is 0 Å². The fourth-order valence-corrected chi connectivity index (χ4v) is 3.96. The third-order valence-electron chi connectivity index (χ3n) is 5.25. The zero-order valence-corrected chi connectivity index (χ0v) is 15.1. The number of phenolic OH excluding ortho intramolecular Hbond substituents is 2. The summed E-state index contributed by atoms with van der Waals surface area (Å²) in [6, 6.07) is 1.86. The molecule has 4 atom stereocenters. The maximum Gasteiger partial charge on any atom is 0.161 e. The van der Waals surface area contributed by atoms with E-state index in [4.69, 9.17) is 0 Å². The minimum atomic E-state index is -0.556. The zero-order valence-electron chi connectivity index (χ0n) is 15.1. The summed E-state index contributed by atoms with van der Waals surface area (Å²) in [7, 11) is 0. The predicted molar refractivity (Wildman–Crippen MR) is 95.5 cm³/mol. The van der Waals surface area contributed by atoms with E-state index >= 15 is 0 Å². The molecule has 24 heavy (non-hydrogen) atoms. The zero-order chi connectivity index (χ0) is 18.0. The van der Waals surface area contributed by atoms with Crippen LogP contribution in [0.1, 0.15) is 68.6 Å². The lowest BCUT2D eigenvalue weighted by molar-refractivity contribution is 0.0780. The third kappa shape index (κ3) is 3.60. The summed E-state index contributed by atoms with van der Waals surface area (Å²) >= 11 is 0. The number of rotatable bonds is 5. The van der Waals surface area contributed by atoms with Crippen LogP contribution < -0.4 is 0 Å². The molecule has 2 rings (SSSR count). The van der Waals surface area contributed by atoms with Crippen LogP contribution >= 0.6 is 0 Å². The van der Waals surface area contributed by atoms with Gasteiger partial charge >= 0.3 is 0 Å². The standard InChI is InChI=1S/C20H30O4/c1-11(2)6-5-7-12(3)17-15-8-13(4)19(23)20(24)18(15)14(10-21)9-16(17)22/h6,8,12,14,16-17,21-24H,5,7,9-10H2,1-4H3. The van der Waals surface area contributed by atoms with E-state index in [2.05, 4.69) is 26.8 Å². The lowest BCUT2D eigenvalue weighted by Crippen LogP contribution is -2.33. The number of allylic oxidation sites excluding steroid dienone is 2. The van der Waals surface area contributed by atoms with Crippen LogP contribution in [0.15, 0.2) is 17.7 Å². The molecule has 1 aromatic rings. The normalized spacial score (nSPS) is 24.3. The molecule has 4 nitrogen and oxygen atoms in total. The highest BCUT2D eigenvalue weighted by Crippen LogP contribution is 2.50. The highest BCUT2D eigenvalue weighted by Gasteiger charge is 2.39. The van der Waals surface area contributed by atoms with Crippen LogP contribution in [0.2, 0.25) is 0 Å². The van der Waals surface area contributed by atoms with E-state index in [0.29, 0.717) is 17.5 Å². The molecule has 0 saturated carbocycles. The van der Waals surface area contributed by atoms with Crippen LogP contribution in [0.5, 0.6) is 11.5 Å². The van der Waals surface area contributed by atoms with E-state index < -0.39 is 6.10 Å². The van der Waals surface area contributed by atoms with Crippen LogP contribution in [-0.2, 0) is 0 Å². The first-order valence-corrected chi connectivity index (χ1v) is 8.75. The highest BCUT2D eigenvalue weighted by molar-refractivity contribution is 5.57. The molecule has 134 valence electrons. The van der Waals surface area contributed by atoms with Crippen molar-refractivity contribution >= 4 is 0 Å². The van der Waals surface area contributed by atoms with Crippen LogP contribution in [-0.4, -0.2) is 33.1 Å². The summed E-state index contributed by atoms with van der Waals surface area (Å²) < 4.78 is 0. The molecule has 4 heteroatoms. The number of hydrogen-bond donors (Lipinski definition) is 4. The van der Waals surface area contributed by atoms with Crippen LogP contribution in [0, 0.1) is 12.8 Å². The average Bonchev–Trinajstić information content (AvgIpc) is 2.51. The summed E-state index contributed by atoms with van der Waals surface area (Å²) in [4.78, 5) is 0. The molecule has 4 N–H and O–H groups in total. The van der Waals surface area contributed by atoms with E-state index in [9.17, 15) is 20.4 Å². The predicted octanol–water partition coefficient (Wildman–Crippen LogP) is 3.71. The lowest BCUT2D eigenvalue weighted by Gasteiger charge is -2.39. The van der Waals surface area contributed by atoms with Gasteiger partial charge in [-0.05, 0) is 57.1 Å². The summed E-state index contributed by atoms with van der Waals surface area (Å²) in [5, 5.41) is 40.8. The van der Waals surface area contributed by atoms with Crippen molar-refractivity contribution in [2.75, 3.05) is 6.61 Å². The number of phenols is 2. The number of fused-ring (bicyclic) bond motifs is 1. The van der Waals surface area contributed by atoms with Crippen LogP contribution in [0.3, 0.4) is 0 Å². The van der Waals surface area contributed by atoms with Gasteiger partial charge in [-0.2, -0.15) is 0 Å². The van der Waals surface area contributed by atoms with Crippen molar-refractivity contribution in [3.63, 3.8) is 0 Å². The first-order valence-electron chi connectivity index (χ1n) is 8.75. The molecule has 1 aliphatic carbocycles. The Labute approximate surface area is 144 Å². The number of aliphatic hydroxyl groups is 2. The molecule has 0 heterocycles. The average molecular weight is 334 g/mol. The van der Waals surface area contributed by atoms with Crippen molar-refractivity contribution in [1.82, 2.24) is 0 Å². The van der Waals surface area contributed by atoms with E-state index in [-0.39, 0.29) is 35.9 Å². The SMILES string of the molecule is CC(C)=CCCC(C)C1c2cc(C)c(O)c(O)c2C(CO)CC1O. The lowest BCUT2D eigenvalue weighted by atomic mass is 9.69. The number of aliphatic hydroxyl groups excluding tert-OH is 2. The Morgan fingerprint density at radius 2 is 1.96 bits per heavy atom. The molecule has 0 bridgehead atoms. The minimum absolute atomic E-state index is 0.0986. The van der Waals surface area contributed by atoms with Crippen molar-refractivity contribution in [1.29, 1.82) is 0 Å². The molecule has 1 aliphatic rings. The van der Waals surface area contributed by atoms with Crippen LogP contribution in [0.4, 0.5) is 0 Å². The number of aryl methyl sites for hydroxylation is 1.